The van der Waals surface area contributed by atoms with Crippen molar-refractivity contribution in [2.24, 2.45) is 7.05 Å². The number of aromatic nitrogens is 3. The van der Waals surface area contributed by atoms with Gasteiger partial charge in [0.1, 0.15) is 5.82 Å². The predicted octanol–water partition coefficient (Wildman–Crippen LogP) is 3.61. The molecule has 8 heteroatoms. The standard InChI is InChI=1S/C19H20FN5OS/c1-13-7-9-14(10-8-13)21-11-17-23-24-19(25(17)2)27-12-18(26)22-16-6-4-3-5-15(16)20/h3-10,21H,11-12H2,1-2H3,(H,22,26). The van der Waals surface area contributed by atoms with Gasteiger partial charge < -0.3 is 15.2 Å². The fourth-order valence-electron chi connectivity index (χ4n) is 2.36. The van der Waals surface area contributed by atoms with Crippen LogP contribution in [0.2, 0.25) is 0 Å². The number of para-hydroxylation sites is 1. The van der Waals surface area contributed by atoms with E-state index in [1.54, 1.807) is 12.1 Å². The molecule has 27 heavy (non-hydrogen) atoms. The monoisotopic (exact) mass is 385 g/mol. The summed E-state index contributed by atoms with van der Waals surface area (Å²) in [5.74, 6) is 0.116. The minimum absolute atomic E-state index is 0.117. The summed E-state index contributed by atoms with van der Waals surface area (Å²) in [7, 11) is 1.85. The number of aryl methyl sites for hydroxylation is 1. The van der Waals surface area contributed by atoms with Crippen LogP contribution < -0.4 is 10.6 Å². The fourth-order valence-corrected chi connectivity index (χ4v) is 3.09. The summed E-state index contributed by atoms with van der Waals surface area (Å²) in [4.78, 5) is 12.0. The van der Waals surface area contributed by atoms with Crippen LogP contribution >= 0.6 is 11.8 Å². The molecule has 2 N–H and O–H groups in total. The molecule has 0 bridgehead atoms. The van der Waals surface area contributed by atoms with Crippen LogP contribution in [0.5, 0.6) is 0 Å². The molecule has 0 aliphatic rings. The lowest BCUT2D eigenvalue weighted by Gasteiger charge is -2.08. The maximum atomic E-state index is 13.6. The van der Waals surface area contributed by atoms with Gasteiger partial charge in [-0.3, -0.25) is 4.79 Å². The molecule has 0 radical (unpaired) electrons. The van der Waals surface area contributed by atoms with Gasteiger partial charge in [0.15, 0.2) is 11.0 Å². The first kappa shape index (κ1) is 18.9. The predicted molar refractivity (Wildman–Crippen MR) is 105 cm³/mol. The molecule has 6 nitrogen and oxygen atoms in total. The van der Waals surface area contributed by atoms with Gasteiger partial charge in [-0.05, 0) is 31.2 Å². The van der Waals surface area contributed by atoms with E-state index in [9.17, 15) is 9.18 Å². The molecule has 0 saturated heterocycles. The lowest BCUT2D eigenvalue weighted by molar-refractivity contribution is -0.113. The molecule has 140 valence electrons. The van der Waals surface area contributed by atoms with E-state index in [1.165, 1.54) is 29.5 Å². The second kappa shape index (κ2) is 8.68. The fraction of sp³-hybridized carbons (Fsp3) is 0.211. The number of amides is 1. The van der Waals surface area contributed by atoms with Crippen LogP contribution in [-0.4, -0.2) is 26.4 Å². The van der Waals surface area contributed by atoms with E-state index in [0.717, 1.165) is 11.5 Å². The minimum Gasteiger partial charge on any atom is -0.378 e. The van der Waals surface area contributed by atoms with Crippen LogP contribution in [0.1, 0.15) is 11.4 Å². The van der Waals surface area contributed by atoms with Crippen LogP contribution in [0.3, 0.4) is 0 Å². The maximum Gasteiger partial charge on any atom is 0.234 e. The Balaban J connectivity index is 1.53. The van der Waals surface area contributed by atoms with Crippen LogP contribution in [0.15, 0.2) is 53.7 Å². The molecular formula is C19H20FN5OS. The molecule has 2 aromatic carbocycles. The van der Waals surface area contributed by atoms with E-state index in [-0.39, 0.29) is 17.3 Å². The first-order valence-electron chi connectivity index (χ1n) is 8.39. The van der Waals surface area contributed by atoms with Crippen LogP contribution in [0.4, 0.5) is 15.8 Å². The quantitative estimate of drug-likeness (QED) is 0.608. The molecular weight excluding hydrogens is 365 g/mol. The zero-order valence-corrected chi connectivity index (χ0v) is 15.9. The largest absolute Gasteiger partial charge is 0.378 e. The first-order chi connectivity index (χ1) is 13.0. The highest BCUT2D eigenvalue weighted by Gasteiger charge is 2.12. The molecule has 0 aliphatic heterocycles. The number of nitrogens with zero attached hydrogens (tertiary/aromatic N) is 3. The lowest BCUT2D eigenvalue weighted by atomic mass is 10.2. The average Bonchev–Trinajstić information content (AvgIpc) is 3.01. The smallest absolute Gasteiger partial charge is 0.234 e. The number of anilines is 2. The number of halogens is 1. The number of hydrogen-bond acceptors (Lipinski definition) is 5. The van der Waals surface area contributed by atoms with Gasteiger partial charge in [0.25, 0.3) is 0 Å². The highest BCUT2D eigenvalue weighted by atomic mass is 32.2. The number of benzene rings is 2. The summed E-state index contributed by atoms with van der Waals surface area (Å²) in [5, 5.41) is 14.8. The summed E-state index contributed by atoms with van der Waals surface area (Å²) >= 11 is 1.25. The Bertz CT molecular complexity index is 926. The van der Waals surface area contributed by atoms with Gasteiger partial charge in [0.2, 0.25) is 5.91 Å². The van der Waals surface area contributed by atoms with Gasteiger partial charge in [-0.15, -0.1) is 10.2 Å². The molecule has 0 aliphatic carbocycles. The van der Waals surface area contributed by atoms with E-state index in [1.807, 2.05) is 42.8 Å². The summed E-state index contributed by atoms with van der Waals surface area (Å²) in [6, 6.07) is 14.2. The average molecular weight is 385 g/mol. The third-order valence-electron chi connectivity index (χ3n) is 3.91. The second-order valence-electron chi connectivity index (χ2n) is 5.99. The van der Waals surface area contributed by atoms with Crippen molar-refractivity contribution >= 4 is 29.0 Å². The van der Waals surface area contributed by atoms with Crippen molar-refractivity contribution in [2.45, 2.75) is 18.6 Å². The molecule has 0 saturated carbocycles. The van der Waals surface area contributed by atoms with E-state index >= 15 is 0 Å². The molecule has 3 rings (SSSR count). The van der Waals surface area contributed by atoms with Gasteiger partial charge in [-0.25, -0.2) is 4.39 Å². The Labute approximate surface area is 161 Å². The van der Waals surface area contributed by atoms with Crippen molar-refractivity contribution < 1.29 is 9.18 Å². The highest BCUT2D eigenvalue weighted by Crippen LogP contribution is 2.18. The Morgan fingerprint density at radius 2 is 1.89 bits per heavy atom. The normalized spacial score (nSPS) is 10.6. The maximum absolute atomic E-state index is 13.6. The molecule has 0 spiro atoms. The van der Waals surface area contributed by atoms with Crippen molar-refractivity contribution in [1.82, 2.24) is 14.8 Å². The van der Waals surface area contributed by atoms with E-state index in [0.29, 0.717) is 11.7 Å². The zero-order valence-electron chi connectivity index (χ0n) is 15.1. The second-order valence-corrected chi connectivity index (χ2v) is 6.94. The summed E-state index contributed by atoms with van der Waals surface area (Å²) in [6.45, 7) is 2.56. The molecule has 1 aromatic heterocycles. The summed E-state index contributed by atoms with van der Waals surface area (Å²) < 4.78 is 15.4. The van der Waals surface area contributed by atoms with E-state index in [2.05, 4.69) is 20.8 Å². The van der Waals surface area contributed by atoms with Crippen LogP contribution in [-0.2, 0) is 18.4 Å². The van der Waals surface area contributed by atoms with Gasteiger partial charge in [0, 0.05) is 12.7 Å². The number of carbonyl (C=O) groups excluding carboxylic acids is 1. The van der Waals surface area contributed by atoms with Gasteiger partial charge in [0.05, 0.1) is 18.0 Å². The van der Waals surface area contributed by atoms with Crippen molar-refractivity contribution in [1.29, 1.82) is 0 Å². The zero-order chi connectivity index (χ0) is 19.2. The van der Waals surface area contributed by atoms with E-state index < -0.39 is 5.82 Å². The third-order valence-corrected chi connectivity index (χ3v) is 4.93. The Hall–Kier alpha value is -2.87. The molecule has 0 unspecified atom stereocenters. The summed E-state index contributed by atoms with van der Waals surface area (Å²) in [5.41, 5.74) is 2.37. The van der Waals surface area contributed by atoms with Crippen molar-refractivity contribution in [3.05, 3.63) is 65.7 Å². The third kappa shape index (κ3) is 5.07. The van der Waals surface area contributed by atoms with E-state index in [4.69, 9.17) is 0 Å². The molecule has 3 aromatic rings. The van der Waals surface area contributed by atoms with Gasteiger partial charge in [-0.2, -0.15) is 0 Å². The molecule has 1 heterocycles. The number of hydrogen-bond donors (Lipinski definition) is 2. The van der Waals surface area contributed by atoms with Crippen molar-refractivity contribution in [3.8, 4) is 0 Å². The SMILES string of the molecule is Cc1ccc(NCc2nnc(SCC(=O)Nc3ccccc3F)n2C)cc1. The Morgan fingerprint density at radius 1 is 1.15 bits per heavy atom. The van der Waals surface area contributed by atoms with Crippen molar-refractivity contribution in [3.63, 3.8) is 0 Å². The van der Waals surface area contributed by atoms with Crippen LogP contribution in [0.25, 0.3) is 0 Å². The van der Waals surface area contributed by atoms with Gasteiger partial charge in [-0.1, -0.05) is 41.6 Å². The Morgan fingerprint density at radius 3 is 2.63 bits per heavy atom. The Kier molecular flexibility index (Phi) is 6.08. The van der Waals surface area contributed by atoms with Gasteiger partial charge >= 0.3 is 0 Å². The number of rotatable bonds is 7. The van der Waals surface area contributed by atoms with Crippen molar-refractivity contribution in [2.75, 3.05) is 16.4 Å². The topological polar surface area (TPSA) is 71.8 Å². The minimum atomic E-state index is -0.459. The molecule has 0 fully saturated rings. The summed E-state index contributed by atoms with van der Waals surface area (Å²) in [6.07, 6.45) is 0. The molecule has 1 amide bonds. The number of thioether (sulfide) groups is 1. The number of carbonyl (C=O) groups is 1. The first-order valence-corrected chi connectivity index (χ1v) is 9.37. The molecule has 0 atom stereocenters. The lowest BCUT2D eigenvalue weighted by Crippen LogP contribution is -2.15. The number of nitrogens with one attached hydrogen (secondary N) is 2. The highest BCUT2D eigenvalue weighted by molar-refractivity contribution is 7.99. The van der Waals surface area contributed by atoms with Crippen LogP contribution in [0, 0.1) is 12.7 Å².